The fourth-order valence-electron chi connectivity index (χ4n) is 2.71. The fraction of sp³-hybridized carbons (Fsp3) is 0.211. The number of hydrogen-bond acceptors (Lipinski definition) is 2. The van der Waals surface area contributed by atoms with Gasteiger partial charge in [0.15, 0.2) is 0 Å². The average Bonchev–Trinajstić information content (AvgIpc) is 3.04. The van der Waals surface area contributed by atoms with E-state index in [1.54, 1.807) is 31.2 Å². The molecule has 4 nitrogen and oxygen atoms in total. The van der Waals surface area contributed by atoms with Crippen LogP contribution in [0, 0.1) is 5.82 Å². The quantitative estimate of drug-likeness (QED) is 0.753. The van der Waals surface area contributed by atoms with Gasteiger partial charge in [0.05, 0.1) is 6.54 Å². The molecular weight excluding hydrogens is 307 g/mol. The summed E-state index contributed by atoms with van der Waals surface area (Å²) in [5, 5.41) is 3.78. The molecule has 0 aliphatic carbocycles. The Labute approximate surface area is 139 Å². The van der Waals surface area contributed by atoms with Gasteiger partial charge >= 0.3 is 0 Å². The number of carbonyl (C=O) groups excluding carboxylic acids is 1. The number of ether oxygens (including phenoxy) is 1. The van der Waals surface area contributed by atoms with Crippen LogP contribution in [0.15, 0.2) is 54.6 Å². The van der Waals surface area contributed by atoms with E-state index in [0.717, 1.165) is 10.9 Å². The number of H-pyrrole nitrogens is 1. The van der Waals surface area contributed by atoms with E-state index in [-0.39, 0.29) is 18.3 Å². The second kappa shape index (κ2) is 6.45. The summed E-state index contributed by atoms with van der Waals surface area (Å²) in [4.78, 5) is 15.5. The first-order chi connectivity index (χ1) is 11.5. The normalized spacial score (nSPS) is 13.6. The maximum Gasteiger partial charge on any atom is 0.267 e. The second-order valence-electron chi connectivity index (χ2n) is 5.87. The van der Waals surface area contributed by atoms with Crippen molar-refractivity contribution in [2.24, 2.45) is 0 Å². The first-order valence-corrected chi connectivity index (χ1v) is 7.69. The number of hydrogen-bond donors (Lipinski definition) is 2. The van der Waals surface area contributed by atoms with Gasteiger partial charge < -0.3 is 15.0 Å². The molecule has 0 bridgehead atoms. The van der Waals surface area contributed by atoms with Crippen LogP contribution in [0.3, 0.4) is 0 Å². The van der Waals surface area contributed by atoms with Crippen molar-refractivity contribution in [2.75, 3.05) is 13.7 Å². The number of benzene rings is 2. The summed E-state index contributed by atoms with van der Waals surface area (Å²) in [6, 6.07) is 15.9. The molecule has 0 aliphatic heterocycles. The summed E-state index contributed by atoms with van der Waals surface area (Å²) in [7, 11) is 1.50. The standard InChI is InChI=1S/C19H19FN2O2/c1-19(24-2,14-8-4-5-9-15(14)20)12-21-18(23)17-11-13-7-3-6-10-16(13)22-17/h3-11,22H,12H2,1-2H3,(H,21,23). The molecule has 2 aromatic carbocycles. The zero-order chi connectivity index (χ0) is 17.2. The lowest BCUT2D eigenvalue weighted by molar-refractivity contribution is 0.000356. The number of halogens is 1. The van der Waals surface area contributed by atoms with Gasteiger partial charge in [-0.2, -0.15) is 0 Å². The molecule has 3 rings (SSSR count). The molecular formula is C19H19FN2O2. The van der Waals surface area contributed by atoms with Gasteiger partial charge in [-0.3, -0.25) is 4.79 Å². The second-order valence-corrected chi connectivity index (χ2v) is 5.87. The summed E-state index contributed by atoms with van der Waals surface area (Å²) in [5.74, 6) is -0.618. The number of rotatable bonds is 5. The Bertz CT molecular complexity index is 841. The van der Waals surface area contributed by atoms with Crippen molar-refractivity contribution in [1.82, 2.24) is 10.3 Å². The third-order valence-corrected chi connectivity index (χ3v) is 4.25. The van der Waals surface area contributed by atoms with Crippen molar-refractivity contribution >= 4 is 16.8 Å². The highest BCUT2D eigenvalue weighted by Gasteiger charge is 2.30. The average molecular weight is 326 g/mol. The van der Waals surface area contributed by atoms with Crippen LogP contribution in [-0.2, 0) is 10.3 Å². The van der Waals surface area contributed by atoms with Crippen molar-refractivity contribution in [2.45, 2.75) is 12.5 Å². The summed E-state index contributed by atoms with van der Waals surface area (Å²) >= 11 is 0. The lowest BCUT2D eigenvalue weighted by Gasteiger charge is -2.29. The molecule has 5 heteroatoms. The van der Waals surface area contributed by atoms with E-state index in [0.29, 0.717) is 11.3 Å². The fourth-order valence-corrected chi connectivity index (χ4v) is 2.71. The summed E-state index contributed by atoms with van der Waals surface area (Å²) in [6.45, 7) is 1.90. The van der Waals surface area contributed by atoms with Crippen molar-refractivity contribution in [3.8, 4) is 0 Å². The van der Waals surface area contributed by atoms with Crippen molar-refractivity contribution < 1.29 is 13.9 Å². The van der Waals surface area contributed by atoms with E-state index in [4.69, 9.17) is 4.74 Å². The van der Waals surface area contributed by atoms with Gasteiger partial charge in [-0.1, -0.05) is 36.4 Å². The van der Waals surface area contributed by atoms with E-state index in [9.17, 15) is 9.18 Å². The van der Waals surface area contributed by atoms with Gasteiger partial charge in [-0.05, 0) is 25.1 Å². The van der Waals surface area contributed by atoms with Crippen LogP contribution >= 0.6 is 0 Å². The van der Waals surface area contributed by atoms with E-state index in [1.807, 2.05) is 24.3 Å². The van der Waals surface area contributed by atoms with E-state index in [1.165, 1.54) is 13.2 Å². The molecule has 0 fully saturated rings. The molecule has 1 amide bonds. The number of methoxy groups -OCH3 is 1. The molecule has 24 heavy (non-hydrogen) atoms. The van der Waals surface area contributed by atoms with E-state index >= 15 is 0 Å². The Morgan fingerprint density at radius 3 is 2.62 bits per heavy atom. The van der Waals surface area contributed by atoms with Crippen LogP contribution in [0.4, 0.5) is 4.39 Å². The topological polar surface area (TPSA) is 54.1 Å². The predicted octanol–water partition coefficient (Wildman–Crippen LogP) is 3.60. The molecule has 3 aromatic rings. The summed E-state index contributed by atoms with van der Waals surface area (Å²) < 4.78 is 19.5. The molecule has 0 aliphatic rings. The van der Waals surface area contributed by atoms with Gasteiger partial charge in [0.2, 0.25) is 0 Å². The number of amides is 1. The molecule has 1 aromatic heterocycles. The van der Waals surface area contributed by atoms with Crippen molar-refractivity contribution in [3.63, 3.8) is 0 Å². The zero-order valence-corrected chi connectivity index (χ0v) is 13.6. The van der Waals surface area contributed by atoms with Crippen LogP contribution < -0.4 is 5.32 Å². The van der Waals surface area contributed by atoms with Crippen LogP contribution in [0.25, 0.3) is 10.9 Å². The third kappa shape index (κ3) is 3.03. The first kappa shape index (κ1) is 16.2. The number of nitrogens with one attached hydrogen (secondary N) is 2. The Morgan fingerprint density at radius 2 is 1.92 bits per heavy atom. The molecule has 1 unspecified atom stereocenters. The Morgan fingerprint density at radius 1 is 1.21 bits per heavy atom. The van der Waals surface area contributed by atoms with Crippen LogP contribution in [0.1, 0.15) is 23.0 Å². The highest BCUT2D eigenvalue weighted by atomic mass is 19.1. The predicted molar refractivity (Wildman–Crippen MR) is 91.4 cm³/mol. The monoisotopic (exact) mass is 326 g/mol. The highest BCUT2D eigenvalue weighted by Crippen LogP contribution is 2.26. The van der Waals surface area contributed by atoms with Crippen LogP contribution in [0.2, 0.25) is 0 Å². The van der Waals surface area contributed by atoms with E-state index in [2.05, 4.69) is 10.3 Å². The lowest BCUT2D eigenvalue weighted by atomic mass is 9.95. The highest BCUT2D eigenvalue weighted by molar-refractivity contribution is 5.98. The summed E-state index contributed by atoms with van der Waals surface area (Å²) in [6.07, 6.45) is 0. The van der Waals surface area contributed by atoms with Gasteiger partial charge in [0, 0.05) is 23.6 Å². The third-order valence-electron chi connectivity index (χ3n) is 4.25. The zero-order valence-electron chi connectivity index (χ0n) is 13.6. The maximum atomic E-state index is 14.1. The number of para-hydroxylation sites is 1. The van der Waals surface area contributed by atoms with Crippen molar-refractivity contribution in [1.29, 1.82) is 0 Å². The van der Waals surface area contributed by atoms with Gasteiger partial charge in [-0.25, -0.2) is 4.39 Å². The van der Waals surface area contributed by atoms with Gasteiger partial charge in [-0.15, -0.1) is 0 Å². The lowest BCUT2D eigenvalue weighted by Crippen LogP contribution is -2.40. The molecule has 0 saturated heterocycles. The Hall–Kier alpha value is -2.66. The summed E-state index contributed by atoms with van der Waals surface area (Å²) in [5.41, 5.74) is 0.811. The van der Waals surface area contributed by atoms with E-state index < -0.39 is 5.60 Å². The number of carbonyl (C=O) groups is 1. The molecule has 1 atom stereocenters. The van der Waals surface area contributed by atoms with Crippen molar-refractivity contribution in [3.05, 3.63) is 71.7 Å². The largest absolute Gasteiger partial charge is 0.372 e. The molecule has 124 valence electrons. The minimum atomic E-state index is -0.951. The van der Waals surface area contributed by atoms with Crippen LogP contribution in [0.5, 0.6) is 0 Å². The number of aromatic amines is 1. The SMILES string of the molecule is COC(C)(CNC(=O)c1cc2ccccc2[nH]1)c1ccccc1F. The molecule has 1 heterocycles. The Balaban J connectivity index is 1.77. The van der Waals surface area contributed by atoms with Crippen LogP contribution in [-0.4, -0.2) is 24.5 Å². The smallest absolute Gasteiger partial charge is 0.267 e. The minimum Gasteiger partial charge on any atom is -0.372 e. The number of fused-ring (bicyclic) bond motifs is 1. The first-order valence-electron chi connectivity index (χ1n) is 7.69. The molecule has 2 N–H and O–H groups in total. The molecule has 0 radical (unpaired) electrons. The molecule has 0 spiro atoms. The van der Waals surface area contributed by atoms with Gasteiger partial charge in [0.25, 0.3) is 5.91 Å². The Kier molecular flexibility index (Phi) is 4.36. The maximum absolute atomic E-state index is 14.1. The minimum absolute atomic E-state index is 0.151. The van der Waals surface area contributed by atoms with Gasteiger partial charge in [0.1, 0.15) is 17.1 Å². The number of aromatic nitrogens is 1. The molecule has 0 saturated carbocycles.